The first-order valence-electron chi connectivity index (χ1n) is 11.8. The van der Waals surface area contributed by atoms with Gasteiger partial charge in [0.1, 0.15) is 17.1 Å². The van der Waals surface area contributed by atoms with Gasteiger partial charge in [0.2, 0.25) is 0 Å². The number of hydrogen-bond acceptors (Lipinski definition) is 4. The average molecular weight is 540 g/mol. The van der Waals surface area contributed by atoms with Crippen LogP contribution in [-0.2, 0) is 26.0 Å². The molecule has 0 saturated carbocycles. The van der Waals surface area contributed by atoms with Crippen molar-refractivity contribution in [2.24, 2.45) is 0 Å². The van der Waals surface area contributed by atoms with Gasteiger partial charge >= 0.3 is 12.3 Å². The van der Waals surface area contributed by atoms with Crippen LogP contribution in [0, 0.1) is 0 Å². The predicted molar refractivity (Wildman–Crippen MR) is 139 cm³/mol. The van der Waals surface area contributed by atoms with Gasteiger partial charge in [0.05, 0.1) is 10.9 Å². The minimum atomic E-state index is -4.78. The third kappa shape index (κ3) is 7.32. The van der Waals surface area contributed by atoms with Gasteiger partial charge in [0.25, 0.3) is 0 Å². The van der Waals surface area contributed by atoms with Crippen LogP contribution in [-0.4, -0.2) is 18.9 Å². The Morgan fingerprint density at radius 1 is 0.711 bits per heavy atom. The highest BCUT2D eigenvalue weighted by Crippen LogP contribution is 2.33. The maximum atomic E-state index is 12.6. The van der Waals surface area contributed by atoms with E-state index >= 15 is 0 Å². The fraction of sp³-hybridized carbons (Fsp3) is 0.167. The minimum absolute atomic E-state index is 0.327. The molecule has 0 heterocycles. The van der Waals surface area contributed by atoms with Gasteiger partial charge in [-0.05, 0) is 67.9 Å². The summed E-state index contributed by atoms with van der Waals surface area (Å²) < 4.78 is 52.5. The monoisotopic (exact) mass is 539 g/mol. The van der Waals surface area contributed by atoms with E-state index in [0.717, 1.165) is 14.7 Å². The summed E-state index contributed by atoms with van der Waals surface area (Å²) in [5.74, 6) is -0.437. The second kappa shape index (κ2) is 11.6. The zero-order valence-corrected chi connectivity index (χ0v) is 21.6. The van der Waals surface area contributed by atoms with Gasteiger partial charge in [-0.15, -0.1) is 13.2 Å². The molecule has 0 aliphatic heterocycles. The summed E-state index contributed by atoms with van der Waals surface area (Å²) >= 11 is 0. The average Bonchev–Trinajstić information content (AvgIpc) is 2.88. The number of carbonyl (C=O) groups excluding carboxylic acids is 1. The molecule has 0 spiro atoms. The van der Waals surface area contributed by atoms with Crippen LogP contribution < -0.4 is 9.47 Å². The first-order valence-corrected chi connectivity index (χ1v) is 13.0. The lowest BCUT2D eigenvalue weighted by Crippen LogP contribution is -2.28. The third-order valence-corrected chi connectivity index (χ3v) is 7.72. The van der Waals surface area contributed by atoms with Gasteiger partial charge in [-0.2, -0.15) is 0 Å². The molecule has 8 heteroatoms. The first kappa shape index (κ1) is 27.1. The summed E-state index contributed by atoms with van der Waals surface area (Å²) in [5, 5.41) is 0. The van der Waals surface area contributed by atoms with Crippen molar-refractivity contribution in [1.29, 1.82) is 0 Å². The van der Waals surface area contributed by atoms with E-state index in [0.29, 0.717) is 11.3 Å². The number of halogens is 3. The second-order valence-corrected chi connectivity index (χ2v) is 10.8. The van der Waals surface area contributed by atoms with E-state index in [4.69, 9.17) is 9.47 Å². The van der Waals surface area contributed by atoms with Crippen molar-refractivity contribution in [3.63, 3.8) is 0 Å². The van der Waals surface area contributed by atoms with E-state index in [1.54, 1.807) is 19.9 Å². The second-order valence-electron chi connectivity index (χ2n) is 8.75. The van der Waals surface area contributed by atoms with Gasteiger partial charge in [-0.3, -0.25) is 0 Å². The molecule has 0 aromatic heterocycles. The molecule has 4 aromatic rings. The zero-order chi connectivity index (χ0) is 27.2. The number of ether oxygens (including phenoxy) is 3. The Labute approximate surface area is 222 Å². The summed E-state index contributed by atoms with van der Waals surface area (Å²) in [7, 11) is -0.365. The van der Waals surface area contributed by atoms with Crippen LogP contribution in [0.25, 0.3) is 0 Å². The van der Waals surface area contributed by atoms with Crippen molar-refractivity contribution in [2.45, 2.75) is 40.5 Å². The molecule has 0 aliphatic carbocycles. The Morgan fingerprint density at radius 2 is 1.26 bits per heavy atom. The molecule has 0 amide bonds. The molecule has 0 bridgehead atoms. The van der Waals surface area contributed by atoms with Crippen molar-refractivity contribution in [3.8, 4) is 11.5 Å². The van der Waals surface area contributed by atoms with Crippen LogP contribution in [0.3, 0.4) is 0 Å². The molecule has 0 aliphatic rings. The van der Waals surface area contributed by atoms with Gasteiger partial charge in [-0.25, -0.2) is 4.79 Å². The highest BCUT2D eigenvalue weighted by atomic mass is 32.2. The standard InChI is InChI=1S/C30H26F3O4S/c1-29(2,22-16-18-23(19-17-22)36-30(31,32)33)37-28(34)21-35-24-10-9-15-27(20-24)38(25-11-5-3-6-12-25)26-13-7-4-8-14-26/h3-20H,21H2,1-2H3/q+1. The maximum Gasteiger partial charge on any atom is 0.573 e. The smallest absolute Gasteiger partial charge is 0.482 e. The van der Waals surface area contributed by atoms with Crippen molar-refractivity contribution in [2.75, 3.05) is 6.61 Å². The Bertz CT molecular complexity index is 1300. The van der Waals surface area contributed by atoms with Crippen molar-refractivity contribution >= 4 is 16.9 Å². The van der Waals surface area contributed by atoms with E-state index in [1.165, 1.54) is 24.3 Å². The molecule has 38 heavy (non-hydrogen) atoms. The molecule has 0 fully saturated rings. The van der Waals surface area contributed by atoms with Crippen molar-refractivity contribution in [1.82, 2.24) is 0 Å². The number of esters is 1. The van der Waals surface area contributed by atoms with E-state index in [-0.39, 0.29) is 23.3 Å². The van der Waals surface area contributed by atoms with Crippen LogP contribution in [0.2, 0.25) is 0 Å². The summed E-state index contributed by atoms with van der Waals surface area (Å²) in [5.41, 5.74) is -0.580. The highest BCUT2D eigenvalue weighted by molar-refractivity contribution is 7.97. The van der Waals surface area contributed by atoms with E-state index < -0.39 is 17.9 Å². The van der Waals surface area contributed by atoms with Crippen LogP contribution in [0.15, 0.2) is 124 Å². The van der Waals surface area contributed by atoms with Crippen molar-refractivity contribution in [3.05, 3.63) is 115 Å². The van der Waals surface area contributed by atoms with Gasteiger partial charge in [0, 0.05) is 6.07 Å². The fourth-order valence-electron chi connectivity index (χ4n) is 3.79. The third-order valence-electron chi connectivity index (χ3n) is 5.51. The van der Waals surface area contributed by atoms with Crippen LogP contribution in [0.5, 0.6) is 11.5 Å². The Balaban J connectivity index is 1.43. The Hall–Kier alpha value is -3.91. The van der Waals surface area contributed by atoms with E-state index in [2.05, 4.69) is 29.0 Å². The number of benzene rings is 4. The lowest BCUT2D eigenvalue weighted by molar-refractivity contribution is -0.274. The lowest BCUT2D eigenvalue weighted by Gasteiger charge is -2.26. The largest absolute Gasteiger partial charge is 0.573 e. The molecular formula is C30H26F3O4S+. The summed E-state index contributed by atoms with van der Waals surface area (Å²) in [6, 6.07) is 33.2. The molecule has 196 valence electrons. The molecule has 0 radical (unpaired) electrons. The van der Waals surface area contributed by atoms with Gasteiger partial charge in [0.15, 0.2) is 21.3 Å². The summed E-state index contributed by atoms with van der Waals surface area (Å²) in [6.07, 6.45) is -4.78. The Kier molecular flexibility index (Phi) is 8.32. The fourth-order valence-corrected chi connectivity index (χ4v) is 5.91. The summed E-state index contributed by atoms with van der Waals surface area (Å²) in [6.45, 7) is 2.97. The predicted octanol–water partition coefficient (Wildman–Crippen LogP) is 7.54. The molecule has 0 unspecified atom stereocenters. The molecule has 4 aromatic carbocycles. The highest BCUT2D eigenvalue weighted by Gasteiger charge is 2.32. The van der Waals surface area contributed by atoms with E-state index in [1.807, 2.05) is 54.6 Å². The van der Waals surface area contributed by atoms with Crippen LogP contribution in [0.1, 0.15) is 19.4 Å². The quantitative estimate of drug-likeness (QED) is 0.163. The Morgan fingerprint density at radius 3 is 1.82 bits per heavy atom. The molecule has 0 saturated heterocycles. The minimum Gasteiger partial charge on any atom is -0.482 e. The number of alkyl halides is 3. The number of carbonyl (C=O) groups is 1. The molecule has 4 nitrogen and oxygen atoms in total. The molecule has 4 rings (SSSR count). The van der Waals surface area contributed by atoms with Crippen LogP contribution in [0.4, 0.5) is 13.2 Å². The maximum absolute atomic E-state index is 12.6. The van der Waals surface area contributed by atoms with Crippen molar-refractivity contribution < 1.29 is 32.2 Å². The molecular weight excluding hydrogens is 513 g/mol. The van der Waals surface area contributed by atoms with Gasteiger partial charge in [-0.1, -0.05) is 54.6 Å². The molecule has 0 N–H and O–H groups in total. The molecule has 0 atom stereocenters. The first-order chi connectivity index (χ1) is 18.1. The van der Waals surface area contributed by atoms with Crippen LogP contribution >= 0.6 is 0 Å². The summed E-state index contributed by atoms with van der Waals surface area (Å²) in [4.78, 5) is 16.0. The number of rotatable bonds is 9. The lowest BCUT2D eigenvalue weighted by atomic mass is 9.98. The SMILES string of the molecule is CC(C)(OC(=O)COc1cccc([S+](c2ccccc2)c2ccccc2)c1)c1ccc(OC(F)(F)F)cc1. The normalized spacial score (nSPS) is 11.7. The van der Waals surface area contributed by atoms with Gasteiger partial charge < -0.3 is 14.2 Å². The topological polar surface area (TPSA) is 44.8 Å². The van der Waals surface area contributed by atoms with E-state index in [9.17, 15) is 18.0 Å². The zero-order valence-electron chi connectivity index (χ0n) is 20.8. The number of hydrogen-bond donors (Lipinski definition) is 0.